The van der Waals surface area contributed by atoms with Crippen molar-refractivity contribution in [2.24, 2.45) is 0 Å². The van der Waals surface area contributed by atoms with Crippen LogP contribution in [0.2, 0.25) is 0 Å². The second-order valence-corrected chi connectivity index (χ2v) is 6.41. The maximum absolute atomic E-state index is 12.0. The summed E-state index contributed by atoms with van der Waals surface area (Å²) in [6, 6.07) is 9.68. The van der Waals surface area contributed by atoms with E-state index in [0.29, 0.717) is 22.9 Å². The van der Waals surface area contributed by atoms with Crippen molar-refractivity contribution in [2.75, 3.05) is 0 Å². The van der Waals surface area contributed by atoms with Gasteiger partial charge in [-0.3, -0.25) is 4.79 Å². The van der Waals surface area contributed by atoms with Crippen molar-refractivity contribution < 1.29 is 24.6 Å². The summed E-state index contributed by atoms with van der Waals surface area (Å²) in [5.41, 5.74) is 1.65. The first-order chi connectivity index (χ1) is 14.4. The van der Waals surface area contributed by atoms with Crippen LogP contribution >= 0.6 is 0 Å². The number of benzene rings is 1. The topological polar surface area (TPSA) is 152 Å². The van der Waals surface area contributed by atoms with Gasteiger partial charge in [-0.2, -0.15) is 0 Å². The molecule has 0 saturated heterocycles. The fourth-order valence-corrected chi connectivity index (χ4v) is 2.49. The van der Waals surface area contributed by atoms with Gasteiger partial charge in [-0.05, 0) is 18.9 Å². The van der Waals surface area contributed by atoms with Crippen LogP contribution in [0.5, 0.6) is 11.8 Å². The number of aromatic nitrogens is 5. The van der Waals surface area contributed by atoms with E-state index in [0.717, 1.165) is 11.1 Å². The van der Waals surface area contributed by atoms with Crippen LogP contribution < -0.4 is 10.2 Å². The molecule has 0 fully saturated rings. The Bertz CT molecular complexity index is 997. The number of hydrogen-bond donors (Lipinski definition) is 3. The van der Waals surface area contributed by atoms with Crippen LogP contribution in [0.3, 0.4) is 0 Å². The van der Waals surface area contributed by atoms with Gasteiger partial charge in [0.25, 0.3) is 0 Å². The molecule has 0 aliphatic rings. The van der Waals surface area contributed by atoms with Gasteiger partial charge in [-0.1, -0.05) is 24.3 Å². The summed E-state index contributed by atoms with van der Waals surface area (Å²) in [7, 11) is 0. The second kappa shape index (κ2) is 9.45. The largest absolute Gasteiger partial charge is 0.492 e. The molecule has 0 saturated carbocycles. The minimum atomic E-state index is -0.678. The molecule has 0 radical (unpaired) electrons. The number of carbonyl (C=O) groups excluding carboxylic acids is 2. The summed E-state index contributed by atoms with van der Waals surface area (Å²) >= 11 is 0. The number of nitrogens with zero attached hydrogens (tertiary/aromatic N) is 5. The number of rotatable bonds is 8. The van der Waals surface area contributed by atoms with E-state index in [1.807, 2.05) is 24.3 Å². The van der Waals surface area contributed by atoms with E-state index in [4.69, 9.17) is 4.84 Å². The Morgan fingerprint density at radius 3 is 2.23 bits per heavy atom. The molecule has 156 valence electrons. The molecule has 0 spiro atoms. The monoisotopic (exact) mass is 412 g/mol. The van der Waals surface area contributed by atoms with Gasteiger partial charge in [0.15, 0.2) is 5.82 Å². The molecule has 0 bridgehead atoms. The predicted octanol–water partition coefficient (Wildman–Crippen LogP) is 0.897. The second-order valence-electron chi connectivity index (χ2n) is 6.41. The summed E-state index contributed by atoms with van der Waals surface area (Å²) in [4.78, 5) is 28.5. The molecule has 0 aliphatic heterocycles. The molecule has 3 aromatic rings. The van der Waals surface area contributed by atoms with Crippen molar-refractivity contribution in [2.45, 2.75) is 32.7 Å². The van der Waals surface area contributed by atoms with Crippen LogP contribution in [0, 0.1) is 6.92 Å². The molecule has 0 atom stereocenters. The van der Waals surface area contributed by atoms with Crippen LogP contribution in [-0.2, 0) is 16.1 Å². The summed E-state index contributed by atoms with van der Waals surface area (Å²) in [6.45, 7) is 2.04. The Kier molecular flexibility index (Phi) is 6.53. The van der Waals surface area contributed by atoms with Crippen molar-refractivity contribution in [3.63, 3.8) is 0 Å². The zero-order chi connectivity index (χ0) is 21.5. The number of nitrogens with one attached hydrogen (secondary N) is 1. The lowest BCUT2D eigenvalue weighted by Gasteiger charge is -2.08. The standard InChI is InChI=1S/C19H20N6O5/c1-12-21-23-19(24-22-12)14-7-5-13(6-8-14)11-20-15(26)3-2-4-18(29)30-25-16(27)9-10-17(25)28/h5-10,27-28H,2-4,11H2,1H3,(H,20,26). The molecular weight excluding hydrogens is 392 g/mol. The van der Waals surface area contributed by atoms with Crippen molar-refractivity contribution in [1.29, 1.82) is 0 Å². The SMILES string of the molecule is Cc1nnc(-c2ccc(CNC(=O)CCCC(=O)On3c(O)ccc3O)cc2)nn1. The number of aryl methyl sites for hydroxylation is 1. The number of amides is 1. The Morgan fingerprint density at radius 2 is 1.60 bits per heavy atom. The summed E-state index contributed by atoms with van der Waals surface area (Å²) in [5, 5.41) is 37.3. The van der Waals surface area contributed by atoms with Gasteiger partial charge in [-0.15, -0.1) is 25.1 Å². The zero-order valence-electron chi connectivity index (χ0n) is 16.1. The van der Waals surface area contributed by atoms with Gasteiger partial charge >= 0.3 is 5.97 Å². The summed E-state index contributed by atoms with van der Waals surface area (Å²) in [5.74, 6) is -0.773. The molecule has 0 unspecified atom stereocenters. The van der Waals surface area contributed by atoms with E-state index in [2.05, 4.69) is 25.7 Å². The van der Waals surface area contributed by atoms with Crippen LogP contribution in [0.4, 0.5) is 0 Å². The third-order valence-corrected chi connectivity index (χ3v) is 4.06. The molecule has 11 nitrogen and oxygen atoms in total. The van der Waals surface area contributed by atoms with E-state index in [9.17, 15) is 19.8 Å². The molecule has 2 aromatic heterocycles. The molecule has 1 amide bonds. The average molecular weight is 412 g/mol. The molecule has 3 N–H and O–H groups in total. The third-order valence-electron chi connectivity index (χ3n) is 4.06. The molecule has 11 heteroatoms. The van der Waals surface area contributed by atoms with Crippen LogP contribution in [0.15, 0.2) is 36.4 Å². The quantitative estimate of drug-likeness (QED) is 0.490. The molecule has 3 rings (SSSR count). The first-order valence-electron chi connectivity index (χ1n) is 9.13. The van der Waals surface area contributed by atoms with Crippen molar-refractivity contribution >= 4 is 11.9 Å². The minimum Gasteiger partial charge on any atom is -0.492 e. The van der Waals surface area contributed by atoms with Gasteiger partial charge in [0.2, 0.25) is 23.5 Å². The van der Waals surface area contributed by atoms with Crippen molar-refractivity contribution in [3.8, 4) is 23.1 Å². The average Bonchev–Trinajstić information content (AvgIpc) is 3.05. The van der Waals surface area contributed by atoms with Gasteiger partial charge in [0, 0.05) is 37.1 Å². The molecule has 30 heavy (non-hydrogen) atoms. The molecule has 2 heterocycles. The van der Waals surface area contributed by atoms with Crippen LogP contribution in [-0.4, -0.2) is 47.2 Å². The molecule has 1 aromatic carbocycles. The van der Waals surface area contributed by atoms with E-state index in [1.165, 1.54) is 12.1 Å². The van der Waals surface area contributed by atoms with Gasteiger partial charge < -0.3 is 20.4 Å². The van der Waals surface area contributed by atoms with Crippen molar-refractivity contribution in [3.05, 3.63) is 47.8 Å². The number of hydrogen-bond acceptors (Lipinski definition) is 9. The highest BCUT2D eigenvalue weighted by Gasteiger charge is 2.13. The highest BCUT2D eigenvalue weighted by Crippen LogP contribution is 2.19. The Balaban J connectivity index is 1.39. The first-order valence-corrected chi connectivity index (χ1v) is 9.13. The smallest absolute Gasteiger partial charge is 0.333 e. The van der Waals surface area contributed by atoms with E-state index in [-0.39, 0.29) is 25.2 Å². The lowest BCUT2D eigenvalue weighted by Crippen LogP contribution is -2.23. The van der Waals surface area contributed by atoms with Crippen molar-refractivity contribution in [1.82, 2.24) is 30.4 Å². The normalized spacial score (nSPS) is 10.6. The third kappa shape index (κ3) is 5.50. The van der Waals surface area contributed by atoms with E-state index in [1.54, 1.807) is 6.92 Å². The van der Waals surface area contributed by atoms with Crippen LogP contribution in [0.1, 0.15) is 30.7 Å². The number of carbonyl (C=O) groups is 2. The van der Waals surface area contributed by atoms with Gasteiger partial charge in [0.1, 0.15) is 0 Å². The zero-order valence-corrected chi connectivity index (χ0v) is 16.1. The highest BCUT2D eigenvalue weighted by molar-refractivity contribution is 5.77. The van der Waals surface area contributed by atoms with Crippen LogP contribution in [0.25, 0.3) is 11.4 Å². The fraction of sp³-hybridized carbons (Fsp3) is 0.263. The Hall–Kier alpha value is -4.02. The fourth-order valence-electron chi connectivity index (χ4n) is 2.49. The van der Waals surface area contributed by atoms with Gasteiger partial charge in [-0.25, -0.2) is 4.79 Å². The lowest BCUT2D eigenvalue weighted by atomic mass is 10.1. The summed E-state index contributed by atoms with van der Waals surface area (Å²) < 4.78 is 0.611. The summed E-state index contributed by atoms with van der Waals surface area (Å²) in [6.07, 6.45) is 0.348. The highest BCUT2D eigenvalue weighted by atomic mass is 16.7. The first kappa shape index (κ1) is 20.7. The number of aromatic hydroxyl groups is 2. The predicted molar refractivity (Wildman–Crippen MR) is 103 cm³/mol. The molecular formula is C19H20N6O5. The maximum atomic E-state index is 12.0. The Morgan fingerprint density at radius 1 is 0.967 bits per heavy atom. The van der Waals surface area contributed by atoms with Gasteiger partial charge in [0.05, 0.1) is 0 Å². The Labute approximate surface area is 171 Å². The lowest BCUT2D eigenvalue weighted by molar-refractivity contribution is -0.145. The van der Waals surface area contributed by atoms with E-state index >= 15 is 0 Å². The maximum Gasteiger partial charge on any atom is 0.333 e. The minimum absolute atomic E-state index is 0.0439. The molecule has 0 aliphatic carbocycles. The van der Waals surface area contributed by atoms with E-state index < -0.39 is 17.7 Å².